The van der Waals surface area contributed by atoms with E-state index in [4.69, 9.17) is 16.6 Å². The van der Waals surface area contributed by atoms with Crippen molar-refractivity contribution in [1.29, 1.82) is 0 Å². The predicted octanol–water partition coefficient (Wildman–Crippen LogP) is 4.55. The van der Waals surface area contributed by atoms with Gasteiger partial charge in [-0.15, -0.1) is 0 Å². The molecule has 5 nitrogen and oxygen atoms in total. The predicted molar refractivity (Wildman–Crippen MR) is 116 cm³/mol. The van der Waals surface area contributed by atoms with Crippen LogP contribution in [0.1, 0.15) is 37.4 Å². The van der Waals surface area contributed by atoms with Crippen LogP contribution in [0.25, 0.3) is 27.6 Å². The highest BCUT2D eigenvalue weighted by Crippen LogP contribution is 2.34. The maximum atomic E-state index is 13.7. The van der Waals surface area contributed by atoms with Crippen molar-refractivity contribution in [2.24, 2.45) is 7.05 Å². The van der Waals surface area contributed by atoms with Gasteiger partial charge in [-0.2, -0.15) is 0 Å². The average molecular weight is 406 g/mol. The lowest BCUT2D eigenvalue weighted by Gasteiger charge is -2.19. The molecule has 2 heterocycles. The summed E-state index contributed by atoms with van der Waals surface area (Å²) in [6, 6.07) is 14.5. The van der Waals surface area contributed by atoms with Crippen molar-refractivity contribution in [2.75, 3.05) is 0 Å². The van der Waals surface area contributed by atoms with Crippen LogP contribution < -0.4 is 11.0 Å². The van der Waals surface area contributed by atoms with Gasteiger partial charge in [0.25, 0.3) is 5.56 Å². The van der Waals surface area contributed by atoms with Gasteiger partial charge in [0.2, 0.25) is 5.43 Å². The minimum atomic E-state index is -0.314. The summed E-state index contributed by atoms with van der Waals surface area (Å²) < 4.78 is 3.48. The average Bonchev–Trinajstić information content (AvgIpc) is 3.27. The van der Waals surface area contributed by atoms with Gasteiger partial charge >= 0.3 is 0 Å². The summed E-state index contributed by atoms with van der Waals surface area (Å²) in [4.78, 5) is 31.8. The number of para-hydroxylation sites is 1. The third-order valence-electron chi connectivity index (χ3n) is 5.95. The van der Waals surface area contributed by atoms with Gasteiger partial charge in [0.15, 0.2) is 5.65 Å². The van der Waals surface area contributed by atoms with Crippen LogP contribution in [-0.4, -0.2) is 14.1 Å². The van der Waals surface area contributed by atoms with E-state index in [2.05, 4.69) is 0 Å². The molecule has 0 unspecified atom stereocenters. The molecule has 0 bridgehead atoms. The zero-order valence-electron chi connectivity index (χ0n) is 16.1. The molecule has 1 saturated carbocycles. The summed E-state index contributed by atoms with van der Waals surface area (Å²) in [7, 11) is 1.86. The molecule has 0 atom stereocenters. The topological polar surface area (TPSA) is 56.9 Å². The summed E-state index contributed by atoms with van der Waals surface area (Å²) >= 11 is 6.06. The van der Waals surface area contributed by atoms with Crippen LogP contribution in [-0.2, 0) is 7.05 Å². The molecule has 2 aromatic heterocycles. The summed E-state index contributed by atoms with van der Waals surface area (Å²) in [5.74, 6) is 0.928. The lowest BCUT2D eigenvalue weighted by Crippen LogP contribution is -2.30. The number of rotatable bonds is 2. The smallest absolute Gasteiger partial charge is 0.271 e. The highest BCUT2D eigenvalue weighted by atomic mass is 35.5. The number of pyridine rings is 1. The van der Waals surface area contributed by atoms with Gasteiger partial charge in [-0.3, -0.25) is 14.2 Å². The van der Waals surface area contributed by atoms with Crippen LogP contribution in [0, 0.1) is 0 Å². The Balaban J connectivity index is 1.95. The van der Waals surface area contributed by atoms with E-state index in [-0.39, 0.29) is 22.3 Å². The van der Waals surface area contributed by atoms with Gasteiger partial charge in [-0.1, -0.05) is 36.6 Å². The summed E-state index contributed by atoms with van der Waals surface area (Å²) in [6.07, 6.45) is 4.23. The first-order valence-electron chi connectivity index (χ1n) is 9.86. The fourth-order valence-electron chi connectivity index (χ4n) is 4.47. The summed E-state index contributed by atoms with van der Waals surface area (Å²) in [6.45, 7) is 0. The minimum absolute atomic E-state index is 0.128. The molecule has 146 valence electrons. The summed E-state index contributed by atoms with van der Waals surface area (Å²) in [5.41, 5.74) is 1.33. The molecule has 6 heteroatoms. The second-order valence-electron chi connectivity index (χ2n) is 7.67. The molecule has 1 fully saturated rings. The maximum absolute atomic E-state index is 13.7. The van der Waals surface area contributed by atoms with Crippen molar-refractivity contribution in [3.63, 3.8) is 0 Å². The van der Waals surface area contributed by atoms with Crippen molar-refractivity contribution < 1.29 is 0 Å². The Morgan fingerprint density at radius 3 is 2.41 bits per heavy atom. The quantitative estimate of drug-likeness (QED) is 0.460. The fraction of sp³-hybridized carbons (Fsp3) is 0.261. The standard InChI is InChI=1S/C23H20ClN3O2/c1-26-18-9-5-4-8-17(18)20(28)19-22(26)25-21(14-6-2-3-7-14)27(23(19)29)16-12-10-15(24)11-13-16/h4-5,8-14H,2-3,6-7H2,1H3. The Labute approximate surface area is 172 Å². The fourth-order valence-corrected chi connectivity index (χ4v) is 4.60. The molecule has 1 aliphatic rings. The molecule has 4 aromatic rings. The molecule has 0 saturated heterocycles. The largest absolute Gasteiger partial charge is 0.328 e. The number of nitrogens with zero attached hydrogens (tertiary/aromatic N) is 3. The van der Waals surface area contributed by atoms with E-state index >= 15 is 0 Å². The Morgan fingerprint density at radius 1 is 1.00 bits per heavy atom. The summed E-state index contributed by atoms with van der Waals surface area (Å²) in [5, 5.41) is 1.25. The number of benzene rings is 2. The molecular weight excluding hydrogens is 386 g/mol. The molecule has 1 aliphatic carbocycles. The molecule has 5 rings (SSSR count). The molecule has 2 aromatic carbocycles. The second-order valence-corrected chi connectivity index (χ2v) is 8.11. The number of hydrogen-bond donors (Lipinski definition) is 0. The first kappa shape index (κ1) is 18.1. The van der Waals surface area contributed by atoms with Gasteiger partial charge in [0, 0.05) is 23.4 Å². The Morgan fingerprint density at radius 2 is 1.69 bits per heavy atom. The Bertz CT molecular complexity index is 1360. The zero-order chi connectivity index (χ0) is 20.1. The molecule has 0 amide bonds. The van der Waals surface area contributed by atoms with Crippen LogP contribution in [0.15, 0.2) is 58.1 Å². The van der Waals surface area contributed by atoms with E-state index in [9.17, 15) is 9.59 Å². The van der Waals surface area contributed by atoms with Crippen molar-refractivity contribution in [1.82, 2.24) is 14.1 Å². The molecule has 0 N–H and O–H groups in total. The first-order valence-corrected chi connectivity index (χ1v) is 10.2. The van der Waals surface area contributed by atoms with E-state index in [1.165, 1.54) is 0 Å². The van der Waals surface area contributed by atoms with Gasteiger partial charge in [-0.25, -0.2) is 4.98 Å². The lowest BCUT2D eigenvalue weighted by atomic mass is 10.1. The Kier molecular flexibility index (Phi) is 4.28. The van der Waals surface area contributed by atoms with Gasteiger partial charge in [0.1, 0.15) is 11.2 Å². The van der Waals surface area contributed by atoms with E-state index < -0.39 is 0 Å². The van der Waals surface area contributed by atoms with Crippen LogP contribution in [0.4, 0.5) is 0 Å². The van der Waals surface area contributed by atoms with E-state index in [0.29, 0.717) is 21.7 Å². The van der Waals surface area contributed by atoms with Crippen molar-refractivity contribution in [3.8, 4) is 5.69 Å². The van der Waals surface area contributed by atoms with Gasteiger partial charge < -0.3 is 4.57 Å². The van der Waals surface area contributed by atoms with Gasteiger partial charge in [-0.05, 0) is 49.2 Å². The van der Waals surface area contributed by atoms with Crippen molar-refractivity contribution >= 4 is 33.5 Å². The van der Waals surface area contributed by atoms with E-state index in [0.717, 1.165) is 37.0 Å². The van der Waals surface area contributed by atoms with Crippen molar-refractivity contribution in [3.05, 3.63) is 80.0 Å². The van der Waals surface area contributed by atoms with Gasteiger partial charge in [0.05, 0.1) is 11.2 Å². The number of hydrogen-bond acceptors (Lipinski definition) is 3. The molecular formula is C23H20ClN3O2. The van der Waals surface area contributed by atoms with Crippen LogP contribution in [0.5, 0.6) is 0 Å². The molecule has 0 spiro atoms. The number of fused-ring (bicyclic) bond motifs is 2. The Hall–Kier alpha value is -2.92. The van der Waals surface area contributed by atoms with E-state index in [1.807, 2.05) is 29.8 Å². The molecule has 0 radical (unpaired) electrons. The SMILES string of the molecule is Cn1c2ccccc2c(=O)c2c(=O)n(-c3ccc(Cl)cc3)c(C3CCCC3)nc21. The normalized spacial score (nSPS) is 14.8. The lowest BCUT2D eigenvalue weighted by molar-refractivity contribution is 0.636. The molecule has 0 aliphatic heterocycles. The highest BCUT2D eigenvalue weighted by molar-refractivity contribution is 6.30. The number of aryl methyl sites for hydroxylation is 1. The van der Waals surface area contributed by atoms with E-state index in [1.54, 1.807) is 34.9 Å². The minimum Gasteiger partial charge on any atom is -0.328 e. The third-order valence-corrected chi connectivity index (χ3v) is 6.20. The second kappa shape index (κ2) is 6.85. The monoisotopic (exact) mass is 405 g/mol. The maximum Gasteiger partial charge on any atom is 0.271 e. The third kappa shape index (κ3) is 2.80. The van der Waals surface area contributed by atoms with Crippen LogP contribution in [0.2, 0.25) is 5.02 Å². The van der Waals surface area contributed by atoms with Crippen LogP contribution >= 0.6 is 11.6 Å². The number of aromatic nitrogens is 3. The van der Waals surface area contributed by atoms with Crippen molar-refractivity contribution in [2.45, 2.75) is 31.6 Å². The number of halogens is 1. The molecule has 29 heavy (non-hydrogen) atoms. The zero-order valence-corrected chi connectivity index (χ0v) is 16.8. The van der Waals surface area contributed by atoms with Crippen LogP contribution in [0.3, 0.4) is 0 Å². The highest BCUT2D eigenvalue weighted by Gasteiger charge is 2.26. The first-order chi connectivity index (χ1) is 14.1.